The number of ether oxygens (including phenoxy) is 2. The van der Waals surface area contributed by atoms with Crippen LogP contribution in [0.15, 0.2) is 18.2 Å². The van der Waals surface area contributed by atoms with Crippen LogP contribution in [-0.4, -0.2) is 55.2 Å². The molecule has 0 aliphatic heterocycles. The van der Waals surface area contributed by atoms with E-state index in [0.717, 1.165) is 0 Å². The normalized spacial score (nSPS) is 10.3. The Hall–Kier alpha value is -1.27. The molecule has 0 unspecified atom stereocenters. The Morgan fingerprint density at radius 2 is 2.11 bits per heavy atom. The Labute approximate surface area is 121 Å². The van der Waals surface area contributed by atoms with Crippen LogP contribution in [0.2, 0.25) is 0 Å². The zero-order chi connectivity index (χ0) is 14.3. The Morgan fingerprint density at radius 3 is 2.68 bits per heavy atom. The van der Waals surface area contributed by atoms with E-state index in [1.54, 1.807) is 30.2 Å². The summed E-state index contributed by atoms with van der Waals surface area (Å²) in [4.78, 5) is 14.0. The van der Waals surface area contributed by atoms with Crippen molar-refractivity contribution in [1.29, 1.82) is 0 Å². The third-order valence-corrected chi connectivity index (χ3v) is 3.01. The van der Waals surface area contributed by atoms with Crippen LogP contribution in [0.3, 0.4) is 0 Å². The largest absolute Gasteiger partial charge is 0.504 e. The van der Waals surface area contributed by atoms with Gasteiger partial charge in [-0.25, -0.2) is 0 Å². The monoisotopic (exact) mass is 331 g/mol. The van der Waals surface area contributed by atoms with E-state index in [2.05, 4.69) is 15.9 Å². The quantitative estimate of drug-likeness (QED) is 0.775. The second kappa shape index (κ2) is 8.01. The van der Waals surface area contributed by atoms with Gasteiger partial charge in [0.15, 0.2) is 11.5 Å². The number of rotatable bonds is 7. The lowest BCUT2D eigenvalue weighted by Gasteiger charge is -2.22. The van der Waals surface area contributed by atoms with Crippen molar-refractivity contribution in [1.82, 2.24) is 4.90 Å². The lowest BCUT2D eigenvalue weighted by molar-refractivity contribution is 0.0705. The zero-order valence-electron chi connectivity index (χ0n) is 11.1. The molecular formula is C13H18BrNO4. The van der Waals surface area contributed by atoms with Crippen LogP contribution in [0.5, 0.6) is 11.5 Å². The molecule has 106 valence electrons. The number of carbonyl (C=O) groups is 1. The summed E-state index contributed by atoms with van der Waals surface area (Å²) in [6, 6.07) is 4.86. The molecule has 19 heavy (non-hydrogen) atoms. The van der Waals surface area contributed by atoms with Gasteiger partial charge in [-0.1, -0.05) is 22.0 Å². The van der Waals surface area contributed by atoms with Gasteiger partial charge in [-0.15, -0.1) is 0 Å². The molecule has 0 spiro atoms. The summed E-state index contributed by atoms with van der Waals surface area (Å²) in [6.07, 6.45) is 0. The summed E-state index contributed by atoms with van der Waals surface area (Å²) in [5.74, 6) is -0.0868. The van der Waals surface area contributed by atoms with Gasteiger partial charge in [0.25, 0.3) is 5.91 Å². The van der Waals surface area contributed by atoms with Gasteiger partial charge >= 0.3 is 0 Å². The van der Waals surface area contributed by atoms with Crippen molar-refractivity contribution >= 4 is 21.8 Å². The second-order valence-electron chi connectivity index (χ2n) is 3.83. The number of para-hydroxylation sites is 1. The highest BCUT2D eigenvalue weighted by Gasteiger charge is 2.20. The fourth-order valence-corrected chi connectivity index (χ4v) is 2.08. The van der Waals surface area contributed by atoms with E-state index in [1.807, 2.05) is 0 Å². The summed E-state index contributed by atoms with van der Waals surface area (Å²) in [6.45, 7) is 1.46. The van der Waals surface area contributed by atoms with Crippen LogP contribution in [0, 0.1) is 0 Å². The van der Waals surface area contributed by atoms with Crippen molar-refractivity contribution in [3.8, 4) is 11.5 Å². The first-order chi connectivity index (χ1) is 9.15. The number of hydrogen-bond donors (Lipinski definition) is 1. The molecule has 0 fully saturated rings. The molecule has 6 heteroatoms. The number of amides is 1. The van der Waals surface area contributed by atoms with Crippen LogP contribution < -0.4 is 4.74 Å². The average Bonchev–Trinajstić information content (AvgIpc) is 2.43. The second-order valence-corrected chi connectivity index (χ2v) is 4.62. The lowest BCUT2D eigenvalue weighted by Crippen LogP contribution is -2.35. The van der Waals surface area contributed by atoms with Crippen molar-refractivity contribution in [2.24, 2.45) is 0 Å². The van der Waals surface area contributed by atoms with Gasteiger partial charge in [0.05, 0.1) is 19.3 Å². The number of aromatic hydroxyl groups is 1. The smallest absolute Gasteiger partial charge is 0.257 e. The van der Waals surface area contributed by atoms with Crippen molar-refractivity contribution in [2.75, 3.05) is 39.2 Å². The van der Waals surface area contributed by atoms with Crippen LogP contribution in [0.25, 0.3) is 0 Å². The molecule has 0 saturated carbocycles. The van der Waals surface area contributed by atoms with Crippen molar-refractivity contribution in [2.45, 2.75) is 0 Å². The summed E-state index contributed by atoms with van der Waals surface area (Å²) in [5.41, 5.74) is 0.233. The maximum atomic E-state index is 12.4. The molecule has 0 bridgehead atoms. The molecule has 0 radical (unpaired) electrons. The minimum atomic E-state index is -0.243. The van der Waals surface area contributed by atoms with Gasteiger partial charge in [0, 0.05) is 25.5 Å². The molecular weight excluding hydrogens is 314 g/mol. The number of alkyl halides is 1. The third kappa shape index (κ3) is 4.11. The summed E-state index contributed by atoms with van der Waals surface area (Å²) < 4.78 is 9.99. The van der Waals surface area contributed by atoms with Crippen molar-refractivity contribution in [3.63, 3.8) is 0 Å². The number of benzene rings is 1. The standard InChI is InChI=1S/C13H18BrNO4/c1-18-9-8-15(7-6-14)13(17)10-4-3-5-11(19-2)12(10)16/h3-5,16H,6-9H2,1-2H3. The molecule has 1 amide bonds. The Balaban J connectivity index is 2.95. The molecule has 1 aromatic rings. The highest BCUT2D eigenvalue weighted by Crippen LogP contribution is 2.30. The van der Waals surface area contributed by atoms with Gasteiger partial charge in [-0.3, -0.25) is 4.79 Å². The van der Waals surface area contributed by atoms with Gasteiger partial charge in [0.2, 0.25) is 0 Å². The van der Waals surface area contributed by atoms with E-state index < -0.39 is 0 Å². The predicted molar refractivity (Wildman–Crippen MR) is 76.2 cm³/mol. The lowest BCUT2D eigenvalue weighted by atomic mass is 10.1. The molecule has 1 N–H and O–H groups in total. The highest BCUT2D eigenvalue weighted by molar-refractivity contribution is 9.09. The minimum absolute atomic E-state index is 0.132. The molecule has 1 rings (SSSR count). The SMILES string of the molecule is COCCN(CCBr)C(=O)c1cccc(OC)c1O. The van der Waals surface area contributed by atoms with E-state index in [1.165, 1.54) is 7.11 Å². The Kier molecular flexibility index (Phi) is 6.66. The van der Waals surface area contributed by atoms with Gasteiger partial charge in [-0.2, -0.15) is 0 Å². The van der Waals surface area contributed by atoms with Crippen molar-refractivity contribution < 1.29 is 19.4 Å². The summed E-state index contributed by atoms with van der Waals surface area (Å²) in [5, 5.41) is 10.6. The van der Waals surface area contributed by atoms with Gasteiger partial charge in [0.1, 0.15) is 0 Å². The highest BCUT2D eigenvalue weighted by atomic mass is 79.9. The van der Waals surface area contributed by atoms with E-state index >= 15 is 0 Å². The number of phenols is 1. The van der Waals surface area contributed by atoms with Gasteiger partial charge < -0.3 is 19.5 Å². The molecule has 0 aliphatic carbocycles. The van der Waals surface area contributed by atoms with E-state index in [-0.39, 0.29) is 23.0 Å². The van der Waals surface area contributed by atoms with Crippen molar-refractivity contribution in [3.05, 3.63) is 23.8 Å². The molecule has 0 aromatic heterocycles. The fraction of sp³-hybridized carbons (Fsp3) is 0.462. The van der Waals surface area contributed by atoms with E-state index in [0.29, 0.717) is 25.0 Å². The van der Waals surface area contributed by atoms with Crippen LogP contribution in [-0.2, 0) is 4.74 Å². The Morgan fingerprint density at radius 1 is 1.37 bits per heavy atom. The first kappa shape index (κ1) is 15.8. The average molecular weight is 332 g/mol. The van der Waals surface area contributed by atoms with Crippen LogP contribution in [0.4, 0.5) is 0 Å². The maximum absolute atomic E-state index is 12.4. The first-order valence-electron chi connectivity index (χ1n) is 5.85. The van der Waals surface area contributed by atoms with E-state index in [4.69, 9.17) is 9.47 Å². The van der Waals surface area contributed by atoms with Gasteiger partial charge in [-0.05, 0) is 12.1 Å². The fourth-order valence-electron chi connectivity index (χ4n) is 1.65. The summed E-state index contributed by atoms with van der Waals surface area (Å²) >= 11 is 3.31. The number of hydrogen-bond acceptors (Lipinski definition) is 4. The number of nitrogens with zero attached hydrogens (tertiary/aromatic N) is 1. The number of methoxy groups -OCH3 is 2. The Bertz CT molecular complexity index is 425. The topological polar surface area (TPSA) is 59.0 Å². The third-order valence-electron chi connectivity index (χ3n) is 2.66. The maximum Gasteiger partial charge on any atom is 0.257 e. The number of phenolic OH excluding ortho intramolecular Hbond substituents is 1. The zero-order valence-corrected chi connectivity index (χ0v) is 12.6. The molecule has 1 aromatic carbocycles. The summed E-state index contributed by atoms with van der Waals surface area (Å²) in [7, 11) is 3.03. The van der Waals surface area contributed by atoms with Crippen LogP contribution >= 0.6 is 15.9 Å². The predicted octanol–water partition coefficient (Wildman–Crippen LogP) is 1.88. The number of carbonyl (C=O) groups excluding carboxylic acids is 1. The van der Waals surface area contributed by atoms with Crippen LogP contribution in [0.1, 0.15) is 10.4 Å². The minimum Gasteiger partial charge on any atom is -0.504 e. The molecule has 0 atom stereocenters. The first-order valence-corrected chi connectivity index (χ1v) is 6.98. The van der Waals surface area contributed by atoms with E-state index in [9.17, 15) is 9.90 Å². The number of halogens is 1. The molecule has 5 nitrogen and oxygen atoms in total. The molecule has 0 aliphatic rings. The molecule has 0 saturated heterocycles. The molecule has 0 heterocycles.